The molecule has 132 valence electrons. The van der Waals surface area contributed by atoms with Crippen LogP contribution in [-0.4, -0.2) is 16.8 Å². The van der Waals surface area contributed by atoms with Crippen LogP contribution in [-0.2, 0) is 17.4 Å². The Kier molecular flexibility index (Phi) is 5.46. The van der Waals surface area contributed by atoms with Gasteiger partial charge in [-0.1, -0.05) is 29.4 Å². The number of benzene rings is 2. The molecule has 0 saturated carbocycles. The van der Waals surface area contributed by atoms with E-state index in [-0.39, 0.29) is 17.7 Å². The van der Waals surface area contributed by atoms with Gasteiger partial charge in [-0.05, 0) is 48.7 Å². The van der Waals surface area contributed by atoms with Crippen molar-refractivity contribution in [3.8, 4) is 5.75 Å². The molecule has 0 saturated heterocycles. The summed E-state index contributed by atoms with van der Waals surface area (Å²) in [5.74, 6) is -0.617. The summed E-state index contributed by atoms with van der Waals surface area (Å²) in [5, 5.41) is 12.8. The summed E-state index contributed by atoms with van der Waals surface area (Å²) in [6.45, 7) is 3.23. The maximum absolute atomic E-state index is 12.8. The summed E-state index contributed by atoms with van der Waals surface area (Å²) in [5.41, 5.74) is 0.991. The Hall–Kier alpha value is -2.83. The van der Waals surface area contributed by atoms with E-state index in [0.717, 1.165) is 12.1 Å². The van der Waals surface area contributed by atoms with Crippen LogP contribution in [0.3, 0.4) is 0 Å². The standard InChI is InChI=1S/C18H16F3NO3/c1-11-13(10-17(23)24)5-4-8-16(11)25-22-12(2)14-6-3-7-15(9-14)18(19,20)21/h3-9H,10H2,1-2H3,(H,23,24)/b22-12-. The van der Waals surface area contributed by atoms with Gasteiger partial charge in [0.25, 0.3) is 0 Å². The molecule has 25 heavy (non-hydrogen) atoms. The van der Waals surface area contributed by atoms with Crippen LogP contribution in [0.2, 0.25) is 0 Å². The average molecular weight is 351 g/mol. The van der Waals surface area contributed by atoms with E-state index in [1.165, 1.54) is 19.1 Å². The zero-order valence-corrected chi connectivity index (χ0v) is 13.6. The molecule has 7 heteroatoms. The van der Waals surface area contributed by atoms with Gasteiger partial charge in [0.05, 0.1) is 17.7 Å². The van der Waals surface area contributed by atoms with Crippen LogP contribution >= 0.6 is 0 Å². The molecule has 1 N–H and O–H groups in total. The SMILES string of the molecule is C/C(=N/Oc1cccc(CC(=O)O)c1C)c1cccc(C(F)(F)F)c1. The van der Waals surface area contributed by atoms with Gasteiger partial charge in [-0.3, -0.25) is 4.79 Å². The highest BCUT2D eigenvalue weighted by Gasteiger charge is 2.30. The normalized spacial score (nSPS) is 12.1. The fourth-order valence-corrected chi connectivity index (χ4v) is 2.20. The number of carboxylic acids is 1. The van der Waals surface area contributed by atoms with Crippen molar-refractivity contribution in [3.05, 3.63) is 64.7 Å². The Morgan fingerprint density at radius 1 is 1.20 bits per heavy atom. The van der Waals surface area contributed by atoms with Crippen molar-refractivity contribution < 1.29 is 27.9 Å². The number of hydrogen-bond donors (Lipinski definition) is 1. The van der Waals surface area contributed by atoms with Crippen LogP contribution in [0.4, 0.5) is 13.2 Å². The largest absolute Gasteiger partial charge is 0.481 e. The Bertz CT molecular complexity index is 813. The number of oxime groups is 1. The first-order chi connectivity index (χ1) is 11.7. The molecule has 0 aliphatic carbocycles. The van der Waals surface area contributed by atoms with E-state index in [4.69, 9.17) is 9.94 Å². The summed E-state index contributed by atoms with van der Waals surface area (Å²) in [7, 11) is 0. The highest BCUT2D eigenvalue weighted by molar-refractivity contribution is 5.98. The molecule has 0 bridgehead atoms. The van der Waals surface area contributed by atoms with Crippen molar-refractivity contribution in [2.24, 2.45) is 5.16 Å². The molecule has 2 aromatic rings. The van der Waals surface area contributed by atoms with Gasteiger partial charge in [-0.25, -0.2) is 0 Å². The summed E-state index contributed by atoms with van der Waals surface area (Å²) >= 11 is 0. The van der Waals surface area contributed by atoms with E-state index in [1.54, 1.807) is 25.1 Å². The Morgan fingerprint density at radius 3 is 2.52 bits per heavy atom. The van der Waals surface area contributed by atoms with E-state index in [2.05, 4.69) is 5.16 Å². The summed E-state index contributed by atoms with van der Waals surface area (Å²) in [6.07, 6.45) is -4.59. The first kappa shape index (κ1) is 18.5. The molecule has 0 atom stereocenters. The lowest BCUT2D eigenvalue weighted by Crippen LogP contribution is -2.07. The fraction of sp³-hybridized carbons (Fsp3) is 0.222. The predicted molar refractivity (Wildman–Crippen MR) is 86.8 cm³/mol. The minimum atomic E-state index is -4.43. The number of hydrogen-bond acceptors (Lipinski definition) is 3. The highest BCUT2D eigenvalue weighted by Crippen LogP contribution is 2.29. The smallest absolute Gasteiger partial charge is 0.416 e. The van der Waals surface area contributed by atoms with Crippen molar-refractivity contribution in [2.75, 3.05) is 0 Å². The van der Waals surface area contributed by atoms with Crippen LogP contribution in [0.5, 0.6) is 5.75 Å². The number of aliphatic carboxylic acids is 1. The fourth-order valence-electron chi connectivity index (χ4n) is 2.20. The summed E-state index contributed by atoms with van der Waals surface area (Å²) in [6, 6.07) is 9.70. The second kappa shape index (κ2) is 7.38. The molecule has 0 amide bonds. The van der Waals surface area contributed by atoms with Crippen LogP contribution in [0.25, 0.3) is 0 Å². The summed E-state index contributed by atoms with van der Waals surface area (Å²) < 4.78 is 38.3. The molecular formula is C18H16F3NO3. The van der Waals surface area contributed by atoms with Gasteiger partial charge < -0.3 is 9.94 Å². The van der Waals surface area contributed by atoms with Gasteiger partial charge in [-0.2, -0.15) is 13.2 Å². The van der Waals surface area contributed by atoms with Crippen molar-refractivity contribution in [1.82, 2.24) is 0 Å². The molecular weight excluding hydrogens is 335 g/mol. The second-order valence-electron chi connectivity index (χ2n) is 5.46. The third kappa shape index (κ3) is 4.82. The van der Waals surface area contributed by atoms with Crippen molar-refractivity contribution in [3.63, 3.8) is 0 Å². The van der Waals surface area contributed by atoms with E-state index < -0.39 is 17.7 Å². The third-order valence-corrected chi connectivity index (χ3v) is 3.63. The molecule has 2 aromatic carbocycles. The van der Waals surface area contributed by atoms with Gasteiger partial charge in [0.15, 0.2) is 5.75 Å². The molecule has 0 aliphatic heterocycles. The maximum Gasteiger partial charge on any atom is 0.416 e. The minimum Gasteiger partial charge on any atom is -0.481 e. The number of carboxylic acid groups (broad SMARTS) is 1. The predicted octanol–water partition coefficient (Wildman–Crippen LogP) is 4.44. The number of rotatable bonds is 5. The van der Waals surface area contributed by atoms with E-state index >= 15 is 0 Å². The Labute approximate surface area is 142 Å². The molecule has 0 unspecified atom stereocenters. The van der Waals surface area contributed by atoms with Gasteiger partial charge in [0, 0.05) is 0 Å². The van der Waals surface area contributed by atoms with Crippen LogP contribution in [0.1, 0.15) is 29.2 Å². The average Bonchev–Trinajstić information content (AvgIpc) is 2.54. The van der Waals surface area contributed by atoms with Gasteiger partial charge >= 0.3 is 12.1 Å². The molecule has 0 fully saturated rings. The lowest BCUT2D eigenvalue weighted by molar-refractivity contribution is -0.138. The molecule has 0 aliphatic rings. The zero-order chi connectivity index (χ0) is 18.6. The highest BCUT2D eigenvalue weighted by atomic mass is 19.4. The topological polar surface area (TPSA) is 58.9 Å². The zero-order valence-electron chi connectivity index (χ0n) is 13.6. The molecule has 2 rings (SSSR count). The first-order valence-electron chi connectivity index (χ1n) is 7.38. The lowest BCUT2D eigenvalue weighted by Gasteiger charge is -2.10. The lowest BCUT2D eigenvalue weighted by atomic mass is 10.1. The molecule has 0 radical (unpaired) electrons. The van der Waals surface area contributed by atoms with Crippen molar-refractivity contribution >= 4 is 11.7 Å². The molecule has 0 aromatic heterocycles. The Balaban J connectivity index is 2.24. The number of nitrogens with zero attached hydrogens (tertiary/aromatic N) is 1. The monoisotopic (exact) mass is 351 g/mol. The van der Waals surface area contributed by atoms with E-state index in [1.807, 2.05) is 0 Å². The molecule has 0 heterocycles. The van der Waals surface area contributed by atoms with Gasteiger partial charge in [0.1, 0.15) is 0 Å². The first-order valence-corrected chi connectivity index (χ1v) is 7.38. The number of halogens is 3. The maximum atomic E-state index is 12.8. The van der Waals surface area contributed by atoms with Crippen molar-refractivity contribution in [2.45, 2.75) is 26.4 Å². The second-order valence-corrected chi connectivity index (χ2v) is 5.46. The molecule has 4 nitrogen and oxygen atoms in total. The van der Waals surface area contributed by atoms with Crippen LogP contribution < -0.4 is 4.84 Å². The number of carbonyl (C=O) groups is 1. The van der Waals surface area contributed by atoms with Gasteiger partial charge in [0.2, 0.25) is 0 Å². The Morgan fingerprint density at radius 2 is 1.88 bits per heavy atom. The van der Waals surface area contributed by atoms with Crippen LogP contribution in [0, 0.1) is 6.92 Å². The molecule has 0 spiro atoms. The summed E-state index contributed by atoms with van der Waals surface area (Å²) in [4.78, 5) is 16.2. The van der Waals surface area contributed by atoms with Crippen molar-refractivity contribution in [1.29, 1.82) is 0 Å². The quantitative estimate of drug-likeness (QED) is 0.640. The minimum absolute atomic E-state index is 0.153. The van der Waals surface area contributed by atoms with E-state index in [9.17, 15) is 18.0 Å². The van der Waals surface area contributed by atoms with Gasteiger partial charge in [-0.15, -0.1) is 0 Å². The van der Waals surface area contributed by atoms with E-state index in [0.29, 0.717) is 16.9 Å². The number of alkyl halides is 3. The third-order valence-electron chi connectivity index (χ3n) is 3.63. The van der Waals surface area contributed by atoms with Crippen LogP contribution in [0.15, 0.2) is 47.6 Å².